The van der Waals surface area contributed by atoms with E-state index in [0.29, 0.717) is 23.3 Å². The average molecular weight is 585 g/mol. The second-order valence-corrected chi connectivity index (χ2v) is 10.7. The van der Waals surface area contributed by atoms with Gasteiger partial charge in [0.05, 0.1) is 7.11 Å². The summed E-state index contributed by atoms with van der Waals surface area (Å²) in [5.41, 5.74) is 0.299. The molecule has 0 bridgehead atoms. The molecule has 224 valence electrons. The maximum atomic E-state index is 12.3. The van der Waals surface area contributed by atoms with Gasteiger partial charge in [-0.1, -0.05) is 6.07 Å². The molecule has 0 spiro atoms. The number of ether oxygens (including phenoxy) is 5. The second-order valence-electron chi connectivity index (χ2n) is 10.7. The Bertz CT molecular complexity index is 1540. The Morgan fingerprint density at radius 3 is 2.62 bits per heavy atom. The number of benzene rings is 2. The molecule has 0 saturated carbocycles. The van der Waals surface area contributed by atoms with Gasteiger partial charge in [0.25, 0.3) is 0 Å². The Labute approximate surface area is 240 Å². The fraction of sp³-hybridized carbons (Fsp3) is 0.400. The lowest BCUT2D eigenvalue weighted by Crippen LogP contribution is -2.61. The van der Waals surface area contributed by atoms with Crippen molar-refractivity contribution in [3.63, 3.8) is 0 Å². The van der Waals surface area contributed by atoms with E-state index in [4.69, 9.17) is 28.1 Å². The number of aliphatic hydroxyl groups is 3. The van der Waals surface area contributed by atoms with Crippen molar-refractivity contribution in [2.45, 2.75) is 62.7 Å². The largest absolute Gasteiger partial charge is 0.504 e. The van der Waals surface area contributed by atoms with Crippen molar-refractivity contribution in [1.82, 2.24) is 0 Å². The molecule has 12 heteroatoms. The summed E-state index contributed by atoms with van der Waals surface area (Å²) < 4.78 is 33.4. The molecule has 3 heterocycles. The number of hydrogen-bond acceptors (Lipinski definition) is 12. The number of aromatic hydroxyl groups is 1. The van der Waals surface area contributed by atoms with Gasteiger partial charge in [0, 0.05) is 30.0 Å². The molecule has 2 aliphatic rings. The normalized spacial score (nSPS) is 25.8. The van der Waals surface area contributed by atoms with Crippen molar-refractivity contribution in [3.8, 4) is 17.2 Å². The second kappa shape index (κ2) is 11.7. The van der Waals surface area contributed by atoms with Crippen LogP contribution in [-0.2, 0) is 25.4 Å². The molecular formula is C30H32O12. The minimum atomic E-state index is -1.64. The number of phenols is 1. The minimum Gasteiger partial charge on any atom is -0.504 e. The van der Waals surface area contributed by atoms with Gasteiger partial charge in [0.15, 0.2) is 17.8 Å². The van der Waals surface area contributed by atoms with E-state index in [-0.39, 0.29) is 11.5 Å². The summed E-state index contributed by atoms with van der Waals surface area (Å²) >= 11 is 0. The van der Waals surface area contributed by atoms with Gasteiger partial charge in [-0.2, -0.15) is 0 Å². The van der Waals surface area contributed by atoms with Crippen LogP contribution >= 0.6 is 0 Å². The highest BCUT2D eigenvalue weighted by atomic mass is 16.7. The number of aliphatic hydroxyl groups excluding tert-OH is 3. The fourth-order valence-electron chi connectivity index (χ4n) is 4.90. The first-order valence-electron chi connectivity index (χ1n) is 13.3. The third kappa shape index (κ3) is 6.13. The Kier molecular flexibility index (Phi) is 8.26. The fourth-order valence-corrected chi connectivity index (χ4v) is 4.90. The number of carbonyl (C=O) groups is 1. The molecule has 3 aromatic rings. The molecule has 12 nitrogen and oxygen atoms in total. The van der Waals surface area contributed by atoms with E-state index in [1.807, 2.05) is 6.07 Å². The smallest absolute Gasteiger partial charge is 0.336 e. The minimum absolute atomic E-state index is 0.0474. The number of carbonyl (C=O) groups excluding carboxylic acids is 1. The summed E-state index contributed by atoms with van der Waals surface area (Å²) in [5.74, 6) is -0.0347. The van der Waals surface area contributed by atoms with Crippen LogP contribution in [0.3, 0.4) is 0 Å². The van der Waals surface area contributed by atoms with Gasteiger partial charge in [-0.15, -0.1) is 0 Å². The van der Waals surface area contributed by atoms with Gasteiger partial charge < -0.3 is 48.5 Å². The molecule has 4 N–H and O–H groups in total. The molecule has 0 aliphatic carbocycles. The lowest BCUT2D eigenvalue weighted by atomic mass is 9.95. The highest BCUT2D eigenvalue weighted by Crippen LogP contribution is 2.38. The molecule has 1 fully saturated rings. The molecule has 2 aromatic carbocycles. The number of fused-ring (bicyclic) bond motifs is 2. The van der Waals surface area contributed by atoms with E-state index in [1.165, 1.54) is 31.4 Å². The lowest BCUT2D eigenvalue weighted by Gasteiger charge is -2.43. The highest BCUT2D eigenvalue weighted by molar-refractivity contribution is 5.87. The van der Waals surface area contributed by atoms with Crippen LogP contribution in [0.25, 0.3) is 17.0 Å². The Morgan fingerprint density at radius 1 is 1.07 bits per heavy atom. The van der Waals surface area contributed by atoms with Gasteiger partial charge in [0.2, 0.25) is 0 Å². The van der Waals surface area contributed by atoms with Crippen LogP contribution in [0.1, 0.15) is 25.0 Å². The number of esters is 1. The van der Waals surface area contributed by atoms with E-state index in [1.54, 1.807) is 32.0 Å². The van der Waals surface area contributed by atoms with Crippen LogP contribution < -0.4 is 15.1 Å². The van der Waals surface area contributed by atoms with Crippen molar-refractivity contribution in [2.75, 3.05) is 13.7 Å². The maximum absolute atomic E-state index is 12.3. The van der Waals surface area contributed by atoms with E-state index in [9.17, 15) is 30.0 Å². The maximum Gasteiger partial charge on any atom is 0.336 e. The van der Waals surface area contributed by atoms with Gasteiger partial charge >= 0.3 is 11.6 Å². The molecule has 0 amide bonds. The number of rotatable bonds is 8. The molecule has 2 aliphatic heterocycles. The van der Waals surface area contributed by atoms with Crippen molar-refractivity contribution >= 4 is 23.0 Å². The zero-order valence-electron chi connectivity index (χ0n) is 23.1. The van der Waals surface area contributed by atoms with Gasteiger partial charge in [-0.3, -0.25) is 0 Å². The molecule has 1 aromatic heterocycles. The Morgan fingerprint density at radius 2 is 1.86 bits per heavy atom. The molecule has 0 unspecified atom stereocenters. The molecule has 5 rings (SSSR count). The van der Waals surface area contributed by atoms with Crippen LogP contribution in [0.2, 0.25) is 0 Å². The number of hydrogen-bond donors (Lipinski definition) is 4. The number of phenolic OH excluding ortho intramolecular Hbond substituents is 1. The summed E-state index contributed by atoms with van der Waals surface area (Å²) in [4.78, 5) is 23.9. The van der Waals surface area contributed by atoms with Crippen molar-refractivity contribution in [1.29, 1.82) is 0 Å². The molecule has 42 heavy (non-hydrogen) atoms. The summed E-state index contributed by atoms with van der Waals surface area (Å²) in [6.45, 7) is 3.03. The quantitative estimate of drug-likeness (QED) is 0.172. The predicted molar refractivity (Wildman–Crippen MR) is 147 cm³/mol. The van der Waals surface area contributed by atoms with E-state index >= 15 is 0 Å². The van der Waals surface area contributed by atoms with Crippen LogP contribution in [0.15, 0.2) is 57.8 Å². The topological polar surface area (TPSA) is 174 Å². The van der Waals surface area contributed by atoms with Gasteiger partial charge in [-0.05, 0) is 55.3 Å². The molecule has 0 radical (unpaired) electrons. The first-order chi connectivity index (χ1) is 19.9. The summed E-state index contributed by atoms with van der Waals surface area (Å²) in [5, 5.41) is 42.0. The van der Waals surface area contributed by atoms with Crippen LogP contribution in [0.4, 0.5) is 0 Å². The summed E-state index contributed by atoms with van der Waals surface area (Å²) in [7, 11) is 1.40. The van der Waals surface area contributed by atoms with Crippen LogP contribution in [-0.4, -0.2) is 82.5 Å². The monoisotopic (exact) mass is 584 g/mol. The summed E-state index contributed by atoms with van der Waals surface area (Å²) in [6, 6.07) is 11.0. The SMILES string of the molecule is COc1cc(C=CC(=O)OC[C@H]2O[C@H](OC(C)(C)[C@@H]3Cc4cc5ccc(=O)oc5cc4O3)[C@H](O)[C@@H](O)[C@@H]2O)ccc1O. The zero-order valence-corrected chi connectivity index (χ0v) is 23.1. The molecule has 1 saturated heterocycles. The summed E-state index contributed by atoms with van der Waals surface area (Å²) in [6.07, 6.45) is -4.87. The number of methoxy groups -OCH3 is 1. The van der Waals surface area contributed by atoms with Crippen LogP contribution in [0.5, 0.6) is 17.2 Å². The van der Waals surface area contributed by atoms with E-state index in [0.717, 1.165) is 17.0 Å². The Balaban J connectivity index is 1.21. The lowest BCUT2D eigenvalue weighted by molar-refractivity contribution is -0.329. The molecular weight excluding hydrogens is 552 g/mol. The predicted octanol–water partition coefficient (Wildman–Crippen LogP) is 1.67. The van der Waals surface area contributed by atoms with Crippen molar-refractivity contribution < 1.29 is 53.3 Å². The zero-order chi connectivity index (χ0) is 30.2. The standard InChI is InChI=1S/C30H32O12/c1-30(2,23-12-17-11-16-6-9-25(33)40-19(16)13-20(17)39-23)42-29-28(36)27(35)26(34)22(41-29)14-38-24(32)8-5-15-4-7-18(31)21(10-15)37-3/h4-11,13,22-23,26-29,31,34-36H,12,14H2,1-3H3/t22-,23+,26-,27+,28-,29-/m1/s1. The van der Waals surface area contributed by atoms with Crippen LogP contribution in [0, 0.1) is 0 Å². The third-order valence-corrected chi connectivity index (χ3v) is 7.35. The third-order valence-electron chi connectivity index (χ3n) is 7.35. The molecule has 6 atom stereocenters. The van der Waals surface area contributed by atoms with E-state index in [2.05, 4.69) is 0 Å². The first kappa shape index (κ1) is 29.5. The van der Waals surface area contributed by atoms with Gasteiger partial charge in [-0.25, -0.2) is 9.59 Å². The van der Waals surface area contributed by atoms with Gasteiger partial charge in [0.1, 0.15) is 54.1 Å². The first-order valence-corrected chi connectivity index (χ1v) is 13.3. The van der Waals surface area contributed by atoms with Crippen molar-refractivity contribution in [2.24, 2.45) is 0 Å². The Hall–Kier alpha value is -3.94. The average Bonchev–Trinajstić information content (AvgIpc) is 3.39. The van der Waals surface area contributed by atoms with E-state index < -0.39 is 60.6 Å². The highest BCUT2D eigenvalue weighted by Gasteiger charge is 2.48. The van der Waals surface area contributed by atoms with Crippen molar-refractivity contribution in [3.05, 3.63) is 70.1 Å².